The number of ether oxygens (including phenoxy) is 3. The zero-order valence-electron chi connectivity index (χ0n) is 35.5. The van der Waals surface area contributed by atoms with E-state index >= 15 is 0 Å². The van der Waals surface area contributed by atoms with Crippen LogP contribution in [-0.4, -0.2) is 109 Å². The largest absolute Gasteiger partial charge is 0.382 e. The minimum Gasteiger partial charge on any atom is -0.382 e. The first-order valence-electron chi connectivity index (χ1n) is 20.9. The van der Waals surface area contributed by atoms with E-state index < -0.39 is 23.6 Å². The summed E-state index contributed by atoms with van der Waals surface area (Å²) < 4.78 is 21.9. The van der Waals surface area contributed by atoms with E-state index in [-0.39, 0.29) is 37.6 Å². The van der Waals surface area contributed by atoms with Gasteiger partial charge < -0.3 is 24.8 Å². The van der Waals surface area contributed by atoms with Crippen LogP contribution >= 0.6 is 22.9 Å². The number of nitrogens with one attached hydrogen (secondary N) is 3. The van der Waals surface area contributed by atoms with Gasteiger partial charge in [-0.1, -0.05) is 35.0 Å². The smallest absolute Gasteiger partial charge is 0.275 e. The highest BCUT2D eigenvalue weighted by atomic mass is 35.5. The summed E-state index contributed by atoms with van der Waals surface area (Å²) in [5.41, 5.74) is 4.74. The quantitative estimate of drug-likeness (QED) is 0.0775. The lowest BCUT2D eigenvalue weighted by atomic mass is 9.99. The molecule has 64 heavy (non-hydrogen) atoms. The first-order chi connectivity index (χ1) is 31.0. The molecule has 4 aromatic heterocycles. The first-order valence-corrected chi connectivity index (χ1v) is 22.1. The number of piperidine rings is 1. The summed E-state index contributed by atoms with van der Waals surface area (Å²) in [6.07, 6.45) is 3.76. The van der Waals surface area contributed by atoms with Crippen molar-refractivity contribution in [2.75, 3.05) is 51.5 Å². The third kappa shape index (κ3) is 9.95. The van der Waals surface area contributed by atoms with Crippen molar-refractivity contribution in [3.8, 4) is 5.00 Å². The van der Waals surface area contributed by atoms with Crippen LogP contribution in [0.4, 0.5) is 5.69 Å². The van der Waals surface area contributed by atoms with E-state index in [4.69, 9.17) is 30.8 Å². The molecule has 19 nitrogen and oxygen atoms in total. The second kappa shape index (κ2) is 20.1. The second-order valence-corrected chi connectivity index (χ2v) is 16.9. The molecule has 3 N–H and O–H groups in total. The summed E-state index contributed by atoms with van der Waals surface area (Å²) in [4.78, 5) is 56.7. The maximum absolute atomic E-state index is 13.4. The molecule has 0 saturated carbocycles. The molecule has 3 amide bonds. The Balaban J connectivity index is 0.722. The topological polar surface area (TPSA) is 224 Å². The van der Waals surface area contributed by atoms with Crippen molar-refractivity contribution in [2.24, 2.45) is 4.99 Å². The molecular formula is C43H47ClN12O7S. The van der Waals surface area contributed by atoms with Crippen LogP contribution in [0.3, 0.4) is 0 Å². The molecule has 2 aromatic carbocycles. The number of anilines is 1. The normalized spacial score (nSPS) is 16.0. The van der Waals surface area contributed by atoms with Crippen LogP contribution in [0.25, 0.3) is 15.8 Å². The molecule has 21 heteroatoms. The molecule has 1 saturated heterocycles. The van der Waals surface area contributed by atoms with Crippen molar-refractivity contribution in [1.29, 1.82) is 0 Å². The minimum absolute atomic E-state index is 0.0583. The highest BCUT2D eigenvalue weighted by Crippen LogP contribution is 2.39. The number of imide groups is 1. The molecule has 1 unspecified atom stereocenters. The Morgan fingerprint density at radius 3 is 2.48 bits per heavy atom. The number of halogens is 1. The molecule has 2 aliphatic heterocycles. The Morgan fingerprint density at radius 2 is 1.70 bits per heavy atom. The summed E-state index contributed by atoms with van der Waals surface area (Å²) in [5.74, 6) is 0.242. The Kier molecular flexibility index (Phi) is 14.0. The summed E-state index contributed by atoms with van der Waals surface area (Å²) >= 11 is 7.89. The minimum atomic E-state index is -0.824. The standard InChI is InChI=1S/C43H47ClN12O7S/c1-25-26(2)64-43-38(25)39(28-7-9-29(44)10-8-28)48-34(40-52-50-27(3)55(40)43)21-37(58)46-22-30-24-54(53-51-30)14-16-62-18-20-63-19-17-61-15-13-45-33-6-4-5-31-32(33)23-47-56(42(31)60)35-11-12-36(57)49-41(35)59/h4-10,23-24,34-35,45H,11-22H2,1-3H3,(H,46,58)(H,49,57,59)/t34-,35?/m0/s1. The van der Waals surface area contributed by atoms with Crippen LogP contribution in [0.15, 0.2) is 64.6 Å². The van der Waals surface area contributed by atoms with Crippen molar-refractivity contribution in [1.82, 2.24) is 50.2 Å². The SMILES string of the molecule is Cc1sc2c(c1C)C(c1ccc(Cl)cc1)=N[C@@H](CC(=O)NCc1cn(CCOCCOCCOCCNc3cccc4c(=O)n(C5CCC(=O)NC5=O)ncc34)nn1)c1nnc(C)n1-2. The molecule has 2 aliphatic rings. The lowest BCUT2D eigenvalue weighted by Gasteiger charge is -2.22. The number of carbonyl (C=O) groups is 3. The highest BCUT2D eigenvalue weighted by molar-refractivity contribution is 7.15. The number of benzene rings is 2. The average Bonchev–Trinajstić information content (AvgIpc) is 3.96. The lowest BCUT2D eigenvalue weighted by molar-refractivity contribution is -0.136. The molecule has 1 fully saturated rings. The number of fused-ring (bicyclic) bond motifs is 4. The molecule has 8 rings (SSSR count). The Bertz CT molecular complexity index is 2760. The van der Waals surface area contributed by atoms with Gasteiger partial charge in [-0.3, -0.25) is 34.1 Å². The maximum atomic E-state index is 13.4. The third-order valence-corrected chi connectivity index (χ3v) is 12.4. The van der Waals surface area contributed by atoms with Crippen molar-refractivity contribution in [2.45, 2.75) is 65.2 Å². The maximum Gasteiger partial charge on any atom is 0.275 e. The number of nitrogens with zero attached hydrogens (tertiary/aromatic N) is 9. The summed E-state index contributed by atoms with van der Waals surface area (Å²) in [5, 5.41) is 32.7. The van der Waals surface area contributed by atoms with Crippen molar-refractivity contribution < 1.29 is 28.6 Å². The zero-order valence-corrected chi connectivity index (χ0v) is 37.1. The fourth-order valence-electron chi connectivity index (χ4n) is 7.53. The Morgan fingerprint density at radius 1 is 0.938 bits per heavy atom. The second-order valence-electron chi connectivity index (χ2n) is 15.3. The number of hydrogen-bond donors (Lipinski definition) is 3. The predicted octanol–water partition coefficient (Wildman–Crippen LogP) is 3.95. The van der Waals surface area contributed by atoms with E-state index in [9.17, 15) is 19.2 Å². The van der Waals surface area contributed by atoms with Crippen molar-refractivity contribution in [3.63, 3.8) is 0 Å². The summed E-state index contributed by atoms with van der Waals surface area (Å²) in [6, 6.07) is 11.5. The molecule has 6 aromatic rings. The highest BCUT2D eigenvalue weighted by Gasteiger charge is 2.33. The van der Waals surface area contributed by atoms with E-state index in [0.717, 1.165) is 43.6 Å². The van der Waals surface area contributed by atoms with Crippen LogP contribution in [0, 0.1) is 20.8 Å². The number of rotatable bonds is 19. The third-order valence-electron chi connectivity index (χ3n) is 10.9. The van der Waals surface area contributed by atoms with E-state index in [2.05, 4.69) is 55.4 Å². The van der Waals surface area contributed by atoms with Gasteiger partial charge in [-0.25, -0.2) is 9.36 Å². The fraction of sp³-hybridized carbons (Fsp3) is 0.395. The van der Waals surface area contributed by atoms with Crippen molar-refractivity contribution in [3.05, 3.63) is 109 Å². The van der Waals surface area contributed by atoms with Gasteiger partial charge in [0.05, 0.1) is 82.6 Å². The van der Waals surface area contributed by atoms with Crippen LogP contribution < -0.4 is 21.5 Å². The number of carbonyl (C=O) groups excluding carboxylic acids is 3. The van der Waals surface area contributed by atoms with Gasteiger partial charge in [0.25, 0.3) is 11.5 Å². The first kappa shape index (κ1) is 44.4. The van der Waals surface area contributed by atoms with Crippen LogP contribution in [-0.2, 0) is 41.7 Å². The van der Waals surface area contributed by atoms with E-state index in [1.165, 1.54) is 4.88 Å². The molecular weight excluding hydrogens is 864 g/mol. The van der Waals surface area contributed by atoms with Gasteiger partial charge in [-0.2, -0.15) is 5.10 Å². The monoisotopic (exact) mass is 910 g/mol. The van der Waals surface area contributed by atoms with Gasteiger partial charge >= 0.3 is 0 Å². The number of aliphatic imine (C=N–C) groups is 1. The lowest BCUT2D eigenvalue weighted by Crippen LogP contribution is -2.45. The van der Waals surface area contributed by atoms with Gasteiger partial charge in [0.15, 0.2) is 5.82 Å². The van der Waals surface area contributed by atoms with E-state index in [1.807, 2.05) is 41.8 Å². The Labute approximate surface area is 376 Å². The number of aryl methyl sites for hydroxylation is 2. The average molecular weight is 911 g/mol. The van der Waals surface area contributed by atoms with Gasteiger partial charge in [-0.05, 0) is 57.0 Å². The van der Waals surface area contributed by atoms with Gasteiger partial charge in [0.2, 0.25) is 11.8 Å². The summed E-state index contributed by atoms with van der Waals surface area (Å²) in [6.45, 7) is 9.61. The zero-order chi connectivity index (χ0) is 44.7. The van der Waals surface area contributed by atoms with Gasteiger partial charge in [0.1, 0.15) is 28.6 Å². The van der Waals surface area contributed by atoms with Crippen LogP contribution in [0.2, 0.25) is 5.02 Å². The molecule has 0 bridgehead atoms. The fourth-order valence-corrected chi connectivity index (χ4v) is 8.87. The van der Waals surface area contributed by atoms with Crippen LogP contribution in [0.5, 0.6) is 0 Å². The molecule has 0 spiro atoms. The van der Waals surface area contributed by atoms with Gasteiger partial charge in [0, 0.05) is 45.1 Å². The molecule has 6 heterocycles. The number of aromatic nitrogens is 8. The van der Waals surface area contributed by atoms with Gasteiger partial charge in [-0.15, -0.1) is 26.6 Å². The van der Waals surface area contributed by atoms with E-state index in [0.29, 0.717) is 80.0 Å². The molecule has 2 atom stereocenters. The summed E-state index contributed by atoms with van der Waals surface area (Å²) in [7, 11) is 0. The predicted molar refractivity (Wildman–Crippen MR) is 238 cm³/mol. The Hall–Kier alpha value is -6.19. The van der Waals surface area contributed by atoms with Crippen LogP contribution in [0.1, 0.15) is 70.3 Å². The van der Waals surface area contributed by atoms with Crippen molar-refractivity contribution >= 4 is 62.8 Å². The van der Waals surface area contributed by atoms with E-state index in [1.54, 1.807) is 40.5 Å². The molecule has 334 valence electrons. The number of thiophene rings is 1. The molecule has 0 aliphatic carbocycles. The molecule has 0 radical (unpaired) electrons. The number of amides is 3. The number of hydrogen-bond acceptors (Lipinski definition) is 15.